The number of benzene rings is 1. The summed E-state index contributed by atoms with van der Waals surface area (Å²) < 4.78 is 0. The second-order valence-electron chi connectivity index (χ2n) is 5.25. The summed E-state index contributed by atoms with van der Waals surface area (Å²) in [6.45, 7) is 2.05. The van der Waals surface area contributed by atoms with Crippen molar-refractivity contribution < 1.29 is 0 Å². The fourth-order valence-corrected chi connectivity index (χ4v) is 2.95. The van der Waals surface area contributed by atoms with E-state index in [1.165, 1.54) is 38.5 Å². The first-order valence-corrected chi connectivity index (χ1v) is 7.77. The van der Waals surface area contributed by atoms with E-state index >= 15 is 0 Å². The largest absolute Gasteiger partial charge is 0.360 e. The van der Waals surface area contributed by atoms with Crippen LogP contribution in [-0.4, -0.2) is 11.2 Å². The van der Waals surface area contributed by atoms with Gasteiger partial charge in [0.2, 0.25) is 0 Å². The van der Waals surface area contributed by atoms with E-state index in [1.54, 1.807) is 0 Å². The van der Waals surface area contributed by atoms with Crippen LogP contribution in [-0.2, 0) is 0 Å². The molecule has 0 unspecified atom stereocenters. The van der Waals surface area contributed by atoms with Gasteiger partial charge in [-0.2, -0.15) is 0 Å². The molecule has 2 rings (SSSR count). The number of thiocarbonyl (C=S) groups is 1. The minimum absolute atomic E-state index is 0.516. The first-order valence-electron chi connectivity index (χ1n) is 6.99. The van der Waals surface area contributed by atoms with Gasteiger partial charge in [-0.15, -0.1) is 0 Å². The van der Waals surface area contributed by atoms with E-state index in [4.69, 9.17) is 23.8 Å². The van der Waals surface area contributed by atoms with Gasteiger partial charge in [-0.25, -0.2) is 0 Å². The lowest BCUT2D eigenvalue weighted by molar-refractivity contribution is 0.535. The molecule has 104 valence electrons. The van der Waals surface area contributed by atoms with Crippen LogP contribution in [0.1, 0.15) is 44.1 Å². The van der Waals surface area contributed by atoms with E-state index in [0.717, 1.165) is 16.3 Å². The first kappa shape index (κ1) is 14.6. The smallest absolute Gasteiger partial charge is 0.171 e. The lowest BCUT2D eigenvalue weighted by atomic mass is 10.1. The van der Waals surface area contributed by atoms with Gasteiger partial charge in [0, 0.05) is 16.8 Å². The maximum atomic E-state index is 6.01. The van der Waals surface area contributed by atoms with Gasteiger partial charge < -0.3 is 10.6 Å². The average Bonchev–Trinajstić information content (AvgIpc) is 2.62. The molecular weight excluding hydrogens is 276 g/mol. The highest BCUT2D eigenvalue weighted by atomic mass is 35.5. The predicted octanol–water partition coefficient (Wildman–Crippen LogP) is 4.66. The molecule has 0 aliphatic heterocycles. The van der Waals surface area contributed by atoms with Crippen LogP contribution in [0.25, 0.3) is 0 Å². The SMILES string of the molecule is Cc1ccc(Cl)cc1NC(=S)NC1CCCCCC1. The molecule has 0 spiro atoms. The number of nitrogens with one attached hydrogen (secondary N) is 2. The Balaban J connectivity index is 1.91. The quantitative estimate of drug-likeness (QED) is 0.613. The van der Waals surface area contributed by atoms with Crippen LogP contribution in [0.2, 0.25) is 5.02 Å². The van der Waals surface area contributed by atoms with Gasteiger partial charge in [0.15, 0.2) is 5.11 Å². The van der Waals surface area contributed by atoms with Crippen molar-refractivity contribution in [2.24, 2.45) is 0 Å². The second-order valence-corrected chi connectivity index (χ2v) is 6.09. The van der Waals surface area contributed by atoms with E-state index in [2.05, 4.69) is 10.6 Å². The normalized spacial score (nSPS) is 16.7. The van der Waals surface area contributed by atoms with Gasteiger partial charge in [-0.1, -0.05) is 43.4 Å². The molecule has 1 aromatic rings. The van der Waals surface area contributed by atoms with Crippen molar-refractivity contribution in [2.75, 3.05) is 5.32 Å². The first-order chi connectivity index (χ1) is 9.15. The van der Waals surface area contributed by atoms with Gasteiger partial charge in [0.05, 0.1) is 0 Å². The summed E-state index contributed by atoms with van der Waals surface area (Å²) in [5.74, 6) is 0. The number of aryl methyl sites for hydroxylation is 1. The van der Waals surface area contributed by atoms with Crippen molar-refractivity contribution in [2.45, 2.75) is 51.5 Å². The van der Waals surface area contributed by atoms with Crippen LogP contribution in [0.5, 0.6) is 0 Å². The lowest BCUT2D eigenvalue weighted by Crippen LogP contribution is -2.37. The third-order valence-electron chi connectivity index (χ3n) is 3.64. The van der Waals surface area contributed by atoms with Crippen LogP contribution in [0.15, 0.2) is 18.2 Å². The molecule has 1 aliphatic carbocycles. The van der Waals surface area contributed by atoms with Crippen molar-refractivity contribution in [3.8, 4) is 0 Å². The maximum absolute atomic E-state index is 6.01. The molecule has 1 fully saturated rings. The predicted molar refractivity (Wildman–Crippen MR) is 87.0 cm³/mol. The number of hydrogen-bond acceptors (Lipinski definition) is 1. The van der Waals surface area contributed by atoms with Gasteiger partial charge in [0.1, 0.15) is 0 Å². The Bertz CT molecular complexity index is 440. The highest BCUT2D eigenvalue weighted by Gasteiger charge is 2.13. The van der Waals surface area contributed by atoms with E-state index in [-0.39, 0.29) is 0 Å². The van der Waals surface area contributed by atoms with Crippen LogP contribution >= 0.6 is 23.8 Å². The summed E-state index contributed by atoms with van der Waals surface area (Å²) in [6.07, 6.45) is 7.75. The Hall–Kier alpha value is -0.800. The van der Waals surface area contributed by atoms with Crippen LogP contribution in [0.4, 0.5) is 5.69 Å². The van der Waals surface area contributed by atoms with Crippen molar-refractivity contribution in [3.05, 3.63) is 28.8 Å². The van der Waals surface area contributed by atoms with Gasteiger partial charge in [-0.3, -0.25) is 0 Å². The molecular formula is C15H21ClN2S. The van der Waals surface area contributed by atoms with E-state index < -0.39 is 0 Å². The molecule has 2 N–H and O–H groups in total. The molecule has 19 heavy (non-hydrogen) atoms. The molecule has 0 saturated heterocycles. The molecule has 0 atom stereocenters. The van der Waals surface area contributed by atoms with Crippen LogP contribution < -0.4 is 10.6 Å². The van der Waals surface area contributed by atoms with E-state index in [1.807, 2.05) is 25.1 Å². The monoisotopic (exact) mass is 296 g/mol. The van der Waals surface area contributed by atoms with Crippen molar-refractivity contribution in [1.29, 1.82) is 0 Å². The molecule has 0 amide bonds. The molecule has 1 aromatic carbocycles. The zero-order chi connectivity index (χ0) is 13.7. The lowest BCUT2D eigenvalue weighted by Gasteiger charge is -2.19. The Morgan fingerprint density at radius 2 is 1.89 bits per heavy atom. The summed E-state index contributed by atoms with van der Waals surface area (Å²) in [5, 5.41) is 8.12. The zero-order valence-corrected chi connectivity index (χ0v) is 12.9. The molecule has 4 heteroatoms. The van der Waals surface area contributed by atoms with Crippen LogP contribution in [0.3, 0.4) is 0 Å². The Kier molecular flexibility index (Phi) is 5.46. The molecule has 0 aromatic heterocycles. The fourth-order valence-electron chi connectivity index (χ4n) is 2.50. The summed E-state index contributed by atoms with van der Waals surface area (Å²) in [6, 6.07) is 6.32. The molecule has 1 aliphatic rings. The second kappa shape index (κ2) is 7.11. The minimum atomic E-state index is 0.516. The highest BCUT2D eigenvalue weighted by Crippen LogP contribution is 2.21. The Labute approximate surface area is 125 Å². The van der Waals surface area contributed by atoms with Crippen molar-refractivity contribution in [3.63, 3.8) is 0 Å². The fraction of sp³-hybridized carbons (Fsp3) is 0.533. The third-order valence-corrected chi connectivity index (χ3v) is 4.09. The third kappa shape index (κ3) is 4.66. The number of halogens is 1. The maximum Gasteiger partial charge on any atom is 0.171 e. The standard InChI is InChI=1S/C15H21ClN2S/c1-11-8-9-12(16)10-14(11)18-15(19)17-13-6-4-2-3-5-7-13/h8-10,13H,2-7H2,1H3,(H2,17,18,19). The van der Waals surface area contributed by atoms with Crippen molar-refractivity contribution >= 4 is 34.6 Å². The molecule has 0 bridgehead atoms. The summed E-state index contributed by atoms with van der Waals surface area (Å²) in [5.41, 5.74) is 2.13. The summed E-state index contributed by atoms with van der Waals surface area (Å²) in [7, 11) is 0. The van der Waals surface area contributed by atoms with Crippen LogP contribution in [0, 0.1) is 6.92 Å². The number of rotatable bonds is 2. The topological polar surface area (TPSA) is 24.1 Å². The molecule has 2 nitrogen and oxygen atoms in total. The summed E-state index contributed by atoms with van der Waals surface area (Å²) in [4.78, 5) is 0. The Morgan fingerprint density at radius 1 is 1.21 bits per heavy atom. The van der Waals surface area contributed by atoms with Gasteiger partial charge in [0.25, 0.3) is 0 Å². The minimum Gasteiger partial charge on any atom is -0.360 e. The van der Waals surface area contributed by atoms with Gasteiger partial charge >= 0.3 is 0 Å². The number of hydrogen-bond donors (Lipinski definition) is 2. The average molecular weight is 297 g/mol. The summed E-state index contributed by atoms with van der Waals surface area (Å²) >= 11 is 11.4. The highest BCUT2D eigenvalue weighted by molar-refractivity contribution is 7.80. The molecule has 0 radical (unpaired) electrons. The molecule has 0 heterocycles. The van der Waals surface area contributed by atoms with Gasteiger partial charge in [-0.05, 0) is 49.7 Å². The molecule has 1 saturated carbocycles. The van der Waals surface area contributed by atoms with E-state index in [0.29, 0.717) is 11.2 Å². The van der Waals surface area contributed by atoms with E-state index in [9.17, 15) is 0 Å². The van der Waals surface area contributed by atoms with Crippen molar-refractivity contribution in [1.82, 2.24) is 5.32 Å². The zero-order valence-electron chi connectivity index (χ0n) is 11.3. The number of anilines is 1. The Morgan fingerprint density at radius 3 is 2.58 bits per heavy atom.